The minimum Gasteiger partial charge on any atom is -0.345 e. The van der Waals surface area contributed by atoms with Gasteiger partial charge in [-0.25, -0.2) is 4.98 Å². The van der Waals surface area contributed by atoms with E-state index < -0.39 is 11.9 Å². The van der Waals surface area contributed by atoms with Crippen molar-refractivity contribution in [3.63, 3.8) is 0 Å². The maximum absolute atomic E-state index is 13.3. The standard InChI is InChI=1S/C26H29F3N6O2S/c1-17-14-22(26(27,28)29)31-35(17)15-23(36)33-10-12-34(13-11-33)25-30-20(16-38-25)24(37)32(2)21-9-5-7-18-6-3-4-8-19(18)21/h3-4,6,8,14,16,21H,5,7,9-13,15H2,1-2H3/t21-/m0/s1. The van der Waals surface area contributed by atoms with Crippen molar-refractivity contribution >= 4 is 28.3 Å². The summed E-state index contributed by atoms with van der Waals surface area (Å²) in [5.41, 5.74) is 2.18. The van der Waals surface area contributed by atoms with Gasteiger partial charge in [-0.3, -0.25) is 14.3 Å². The summed E-state index contributed by atoms with van der Waals surface area (Å²) in [6.07, 6.45) is -1.57. The van der Waals surface area contributed by atoms with Crippen LogP contribution in [0.15, 0.2) is 35.7 Å². The molecule has 3 heterocycles. The Morgan fingerprint density at radius 3 is 2.61 bits per heavy atom. The average Bonchev–Trinajstić information content (AvgIpc) is 3.55. The second kappa shape index (κ2) is 10.4. The van der Waals surface area contributed by atoms with Gasteiger partial charge in [0.25, 0.3) is 5.91 Å². The first-order chi connectivity index (χ1) is 18.1. The number of thiazole rings is 1. The number of alkyl halides is 3. The molecule has 38 heavy (non-hydrogen) atoms. The summed E-state index contributed by atoms with van der Waals surface area (Å²) in [6, 6.07) is 9.23. The zero-order chi connectivity index (χ0) is 27.0. The van der Waals surface area contributed by atoms with Gasteiger partial charge in [0.2, 0.25) is 5.91 Å². The Morgan fingerprint density at radius 2 is 1.89 bits per heavy atom. The molecule has 3 aromatic rings. The molecule has 1 aliphatic heterocycles. The van der Waals surface area contributed by atoms with Gasteiger partial charge in [0.15, 0.2) is 10.8 Å². The van der Waals surface area contributed by atoms with E-state index in [4.69, 9.17) is 0 Å². The summed E-state index contributed by atoms with van der Waals surface area (Å²) in [5, 5.41) is 6.04. The summed E-state index contributed by atoms with van der Waals surface area (Å²) < 4.78 is 39.9. The van der Waals surface area contributed by atoms with Crippen LogP contribution < -0.4 is 4.90 Å². The number of fused-ring (bicyclic) bond motifs is 1. The van der Waals surface area contributed by atoms with Crippen LogP contribution in [0, 0.1) is 6.92 Å². The van der Waals surface area contributed by atoms with Crippen LogP contribution in [-0.2, 0) is 23.9 Å². The Morgan fingerprint density at radius 1 is 1.16 bits per heavy atom. The van der Waals surface area contributed by atoms with Gasteiger partial charge >= 0.3 is 6.18 Å². The Kier molecular flexibility index (Phi) is 7.17. The van der Waals surface area contributed by atoms with E-state index in [-0.39, 0.29) is 30.1 Å². The molecule has 0 saturated carbocycles. The number of piperazine rings is 1. The maximum Gasteiger partial charge on any atom is 0.435 e. The van der Waals surface area contributed by atoms with Gasteiger partial charge in [0.1, 0.15) is 12.2 Å². The maximum atomic E-state index is 13.3. The summed E-state index contributed by atoms with van der Waals surface area (Å²) in [6.45, 7) is 3.11. The van der Waals surface area contributed by atoms with E-state index in [1.54, 1.807) is 15.2 Å². The molecular formula is C26H29F3N6O2S. The van der Waals surface area contributed by atoms with Crippen LogP contribution >= 0.6 is 11.3 Å². The van der Waals surface area contributed by atoms with Gasteiger partial charge in [-0.05, 0) is 43.4 Å². The highest BCUT2D eigenvalue weighted by Gasteiger charge is 2.35. The Bertz CT molecular complexity index is 1330. The normalized spacial score (nSPS) is 17.9. The van der Waals surface area contributed by atoms with Crippen LogP contribution in [0.2, 0.25) is 0 Å². The van der Waals surface area contributed by atoms with Gasteiger partial charge in [-0.1, -0.05) is 24.3 Å². The van der Waals surface area contributed by atoms with Gasteiger partial charge in [0.05, 0.1) is 6.04 Å². The van der Waals surface area contributed by atoms with E-state index in [1.165, 1.54) is 29.4 Å². The number of amides is 2. The van der Waals surface area contributed by atoms with Crippen LogP contribution in [-0.4, -0.2) is 69.6 Å². The molecule has 2 amide bonds. The molecule has 1 saturated heterocycles. The van der Waals surface area contributed by atoms with Crippen LogP contribution in [0.5, 0.6) is 0 Å². The fourth-order valence-electron chi connectivity index (χ4n) is 5.14. The number of halogens is 3. The van der Waals surface area contributed by atoms with E-state index in [2.05, 4.69) is 22.2 Å². The van der Waals surface area contributed by atoms with Crippen molar-refractivity contribution in [1.29, 1.82) is 0 Å². The number of hydrogen-bond acceptors (Lipinski definition) is 6. The number of carbonyl (C=O) groups excluding carboxylic acids is 2. The summed E-state index contributed by atoms with van der Waals surface area (Å²) in [5.74, 6) is -0.398. The third kappa shape index (κ3) is 5.27. The number of nitrogens with zero attached hydrogens (tertiary/aromatic N) is 6. The van der Waals surface area contributed by atoms with Crippen molar-refractivity contribution < 1.29 is 22.8 Å². The Balaban J connectivity index is 1.18. The smallest absolute Gasteiger partial charge is 0.345 e. The third-order valence-corrected chi connectivity index (χ3v) is 8.20. The molecule has 5 rings (SSSR count). The van der Waals surface area contributed by atoms with Crippen molar-refractivity contribution in [2.75, 3.05) is 38.1 Å². The fourth-order valence-corrected chi connectivity index (χ4v) is 6.00. The number of aryl methyl sites for hydroxylation is 2. The topological polar surface area (TPSA) is 74.6 Å². The molecular weight excluding hydrogens is 517 g/mol. The summed E-state index contributed by atoms with van der Waals surface area (Å²) in [7, 11) is 1.83. The monoisotopic (exact) mass is 546 g/mol. The first-order valence-electron chi connectivity index (χ1n) is 12.6. The van der Waals surface area contributed by atoms with Crippen LogP contribution in [0.25, 0.3) is 0 Å². The molecule has 0 unspecified atom stereocenters. The number of anilines is 1. The molecule has 1 fully saturated rings. The number of hydrogen-bond donors (Lipinski definition) is 0. The third-order valence-electron chi connectivity index (χ3n) is 7.30. The van der Waals surface area contributed by atoms with Crippen LogP contribution in [0.4, 0.5) is 18.3 Å². The quantitative estimate of drug-likeness (QED) is 0.481. The van der Waals surface area contributed by atoms with Crippen LogP contribution in [0.3, 0.4) is 0 Å². The molecule has 1 aromatic carbocycles. The molecule has 1 aliphatic carbocycles. The predicted molar refractivity (Wildman–Crippen MR) is 137 cm³/mol. The minimum atomic E-state index is -4.55. The lowest BCUT2D eigenvalue weighted by Gasteiger charge is -2.34. The molecule has 0 radical (unpaired) electrons. The molecule has 0 N–H and O–H groups in total. The molecule has 0 bridgehead atoms. The highest BCUT2D eigenvalue weighted by molar-refractivity contribution is 7.13. The lowest BCUT2D eigenvalue weighted by Crippen LogP contribution is -2.49. The first kappa shape index (κ1) is 26.2. The van der Waals surface area contributed by atoms with Crippen molar-refractivity contribution in [2.45, 2.75) is 44.9 Å². The average molecular weight is 547 g/mol. The molecule has 8 nitrogen and oxygen atoms in total. The fraction of sp³-hybridized carbons (Fsp3) is 0.462. The number of carbonyl (C=O) groups is 2. The molecule has 1 atom stereocenters. The van der Waals surface area contributed by atoms with E-state index in [9.17, 15) is 22.8 Å². The van der Waals surface area contributed by atoms with Gasteiger partial charge in [0, 0.05) is 44.3 Å². The van der Waals surface area contributed by atoms with Gasteiger partial charge < -0.3 is 14.7 Å². The molecule has 12 heteroatoms. The van der Waals surface area contributed by atoms with E-state index >= 15 is 0 Å². The van der Waals surface area contributed by atoms with Crippen molar-refractivity contribution in [3.8, 4) is 0 Å². The van der Waals surface area contributed by atoms with Crippen LogP contribution in [0.1, 0.15) is 51.9 Å². The van der Waals surface area contributed by atoms with Crippen molar-refractivity contribution in [1.82, 2.24) is 24.6 Å². The van der Waals surface area contributed by atoms with E-state index in [0.29, 0.717) is 31.9 Å². The molecule has 2 aromatic heterocycles. The summed E-state index contributed by atoms with van der Waals surface area (Å²) in [4.78, 5) is 36.1. The second-order valence-corrected chi connectivity index (χ2v) is 10.6. The van der Waals surface area contributed by atoms with E-state index in [0.717, 1.165) is 35.1 Å². The second-order valence-electron chi connectivity index (χ2n) is 9.73. The zero-order valence-electron chi connectivity index (χ0n) is 21.2. The van der Waals surface area contributed by atoms with E-state index in [1.807, 2.05) is 24.1 Å². The van der Waals surface area contributed by atoms with Crippen molar-refractivity contribution in [2.24, 2.45) is 0 Å². The molecule has 202 valence electrons. The summed E-state index contributed by atoms with van der Waals surface area (Å²) >= 11 is 1.40. The minimum absolute atomic E-state index is 0.0257. The predicted octanol–water partition coefficient (Wildman–Crippen LogP) is 4.17. The number of rotatable bonds is 5. The van der Waals surface area contributed by atoms with Crippen molar-refractivity contribution in [3.05, 3.63) is 63.9 Å². The first-order valence-corrected chi connectivity index (χ1v) is 13.4. The molecule has 0 spiro atoms. The Labute approximate surface area is 222 Å². The number of aromatic nitrogens is 3. The van der Waals surface area contributed by atoms with Gasteiger partial charge in [-0.15, -0.1) is 11.3 Å². The highest BCUT2D eigenvalue weighted by Crippen LogP contribution is 2.34. The highest BCUT2D eigenvalue weighted by atomic mass is 32.1. The Hall–Kier alpha value is -3.41. The SMILES string of the molecule is Cc1cc(C(F)(F)F)nn1CC(=O)N1CCN(c2nc(C(=O)N(C)[C@H]3CCCc4ccccc43)cs2)CC1. The number of benzene rings is 1. The largest absolute Gasteiger partial charge is 0.435 e. The molecule has 2 aliphatic rings. The lowest BCUT2D eigenvalue weighted by atomic mass is 9.87. The zero-order valence-corrected chi connectivity index (χ0v) is 22.1. The van der Waals surface area contributed by atoms with Gasteiger partial charge in [-0.2, -0.15) is 18.3 Å². The lowest BCUT2D eigenvalue weighted by molar-refractivity contribution is -0.142.